The van der Waals surface area contributed by atoms with Crippen LogP contribution in [0.5, 0.6) is 0 Å². The van der Waals surface area contributed by atoms with Crippen molar-refractivity contribution in [3.05, 3.63) is 42.5 Å². The Hall–Kier alpha value is -2.01. The molecule has 0 amide bonds. The third-order valence-electron chi connectivity index (χ3n) is 4.57. The molecule has 0 aromatic heterocycles. The van der Waals surface area contributed by atoms with Gasteiger partial charge < -0.3 is 4.90 Å². The summed E-state index contributed by atoms with van der Waals surface area (Å²) in [7, 11) is 2.19. The molecule has 2 aromatic carbocycles. The fourth-order valence-electron chi connectivity index (χ4n) is 3.30. The zero-order chi connectivity index (χ0) is 13.9. The van der Waals surface area contributed by atoms with E-state index in [0.717, 1.165) is 25.7 Å². The lowest BCUT2D eigenvalue weighted by Gasteiger charge is -2.35. The van der Waals surface area contributed by atoms with Crippen molar-refractivity contribution in [2.24, 2.45) is 5.92 Å². The van der Waals surface area contributed by atoms with Gasteiger partial charge in [-0.3, -0.25) is 0 Å². The van der Waals surface area contributed by atoms with Gasteiger partial charge in [-0.1, -0.05) is 36.4 Å². The number of benzene rings is 2. The number of hydrogen-bond donors (Lipinski definition) is 0. The minimum absolute atomic E-state index is 0.271. The van der Waals surface area contributed by atoms with Crippen molar-refractivity contribution in [1.29, 1.82) is 5.26 Å². The minimum Gasteiger partial charge on any atom is -0.371 e. The Labute approximate surface area is 120 Å². The van der Waals surface area contributed by atoms with Crippen LogP contribution in [0.4, 0.5) is 5.69 Å². The smallest absolute Gasteiger partial charge is 0.0655 e. The third-order valence-corrected chi connectivity index (χ3v) is 4.57. The van der Waals surface area contributed by atoms with Gasteiger partial charge in [0.05, 0.1) is 6.07 Å². The van der Waals surface area contributed by atoms with E-state index >= 15 is 0 Å². The Balaban J connectivity index is 1.86. The van der Waals surface area contributed by atoms with Gasteiger partial charge in [0.25, 0.3) is 0 Å². The van der Waals surface area contributed by atoms with E-state index in [9.17, 15) is 0 Å². The van der Waals surface area contributed by atoms with Gasteiger partial charge in [-0.2, -0.15) is 5.26 Å². The quantitative estimate of drug-likeness (QED) is 0.806. The number of hydrogen-bond acceptors (Lipinski definition) is 2. The van der Waals surface area contributed by atoms with Crippen LogP contribution < -0.4 is 4.90 Å². The second-order valence-electron chi connectivity index (χ2n) is 5.74. The maximum absolute atomic E-state index is 9.01. The van der Waals surface area contributed by atoms with Crippen LogP contribution in [0.1, 0.15) is 25.7 Å². The summed E-state index contributed by atoms with van der Waals surface area (Å²) in [5.41, 5.74) is 1.31. The maximum atomic E-state index is 9.01. The summed E-state index contributed by atoms with van der Waals surface area (Å²) in [6.45, 7) is 0. The molecule has 20 heavy (non-hydrogen) atoms. The maximum Gasteiger partial charge on any atom is 0.0655 e. The van der Waals surface area contributed by atoms with Crippen LogP contribution in [0.2, 0.25) is 0 Å². The summed E-state index contributed by atoms with van der Waals surface area (Å²) in [5, 5.41) is 11.6. The normalized spacial score (nSPS) is 22.4. The molecule has 0 heterocycles. The summed E-state index contributed by atoms with van der Waals surface area (Å²) < 4.78 is 0. The Bertz CT molecular complexity index is 628. The Kier molecular flexibility index (Phi) is 3.60. The Morgan fingerprint density at radius 1 is 1.00 bits per heavy atom. The molecule has 1 fully saturated rings. The van der Waals surface area contributed by atoms with Gasteiger partial charge in [-0.25, -0.2) is 0 Å². The number of nitriles is 1. The van der Waals surface area contributed by atoms with Gasteiger partial charge >= 0.3 is 0 Å². The van der Waals surface area contributed by atoms with Crippen LogP contribution in [0.25, 0.3) is 10.8 Å². The number of nitrogens with zero attached hydrogens (tertiary/aromatic N) is 2. The molecule has 102 valence electrons. The van der Waals surface area contributed by atoms with Crippen LogP contribution in [0.3, 0.4) is 0 Å². The third kappa shape index (κ3) is 2.36. The van der Waals surface area contributed by atoms with Crippen LogP contribution >= 0.6 is 0 Å². The molecular formula is C18H20N2. The highest BCUT2D eigenvalue weighted by Gasteiger charge is 2.24. The fraction of sp³-hybridized carbons (Fsp3) is 0.389. The number of fused-ring (bicyclic) bond motifs is 1. The van der Waals surface area contributed by atoms with Gasteiger partial charge in [0.1, 0.15) is 0 Å². The highest BCUT2D eigenvalue weighted by atomic mass is 15.1. The summed E-state index contributed by atoms with van der Waals surface area (Å²) in [6.07, 6.45) is 4.32. The van der Waals surface area contributed by atoms with Gasteiger partial charge in [-0.05, 0) is 37.1 Å². The molecule has 2 heteroatoms. The van der Waals surface area contributed by atoms with E-state index in [1.807, 2.05) is 0 Å². The molecule has 0 atom stereocenters. The lowest BCUT2D eigenvalue weighted by molar-refractivity contribution is 0.373. The Morgan fingerprint density at radius 2 is 1.70 bits per heavy atom. The average Bonchev–Trinajstić information content (AvgIpc) is 2.54. The topological polar surface area (TPSA) is 27.0 Å². The monoisotopic (exact) mass is 264 g/mol. The van der Waals surface area contributed by atoms with E-state index in [1.165, 1.54) is 16.5 Å². The lowest BCUT2D eigenvalue weighted by Crippen LogP contribution is -2.35. The molecule has 0 radical (unpaired) electrons. The van der Waals surface area contributed by atoms with Crippen molar-refractivity contribution in [2.45, 2.75) is 31.7 Å². The molecular weight excluding hydrogens is 244 g/mol. The molecule has 0 N–H and O–H groups in total. The van der Waals surface area contributed by atoms with Gasteiger partial charge in [0.15, 0.2) is 0 Å². The second-order valence-corrected chi connectivity index (χ2v) is 5.74. The van der Waals surface area contributed by atoms with E-state index < -0.39 is 0 Å². The standard InChI is InChI=1S/C18H20N2/c1-20(16-11-9-14(13-19)10-12-16)18-8-4-6-15-5-2-3-7-17(15)18/h2-8,14,16H,9-12H2,1H3. The average molecular weight is 264 g/mol. The van der Waals surface area contributed by atoms with Crippen LogP contribution in [-0.4, -0.2) is 13.1 Å². The Morgan fingerprint density at radius 3 is 2.45 bits per heavy atom. The molecule has 1 aliphatic carbocycles. The van der Waals surface area contributed by atoms with Crippen molar-refractivity contribution in [2.75, 3.05) is 11.9 Å². The molecule has 2 aromatic rings. The van der Waals surface area contributed by atoms with Crippen molar-refractivity contribution >= 4 is 16.5 Å². The van der Waals surface area contributed by atoms with E-state index in [4.69, 9.17) is 5.26 Å². The summed E-state index contributed by atoms with van der Waals surface area (Å²) >= 11 is 0. The first-order valence-corrected chi connectivity index (χ1v) is 7.40. The predicted octanol–water partition coefficient (Wildman–Crippen LogP) is 4.36. The highest BCUT2D eigenvalue weighted by Crippen LogP contribution is 2.32. The molecule has 1 saturated carbocycles. The van der Waals surface area contributed by atoms with Crippen molar-refractivity contribution in [3.63, 3.8) is 0 Å². The van der Waals surface area contributed by atoms with E-state index in [-0.39, 0.29) is 5.92 Å². The van der Waals surface area contributed by atoms with Gasteiger partial charge in [-0.15, -0.1) is 0 Å². The number of anilines is 1. The molecule has 0 unspecified atom stereocenters. The van der Waals surface area contributed by atoms with Crippen molar-refractivity contribution in [1.82, 2.24) is 0 Å². The first-order chi connectivity index (χ1) is 9.79. The highest BCUT2D eigenvalue weighted by molar-refractivity contribution is 5.94. The molecule has 1 aliphatic rings. The minimum atomic E-state index is 0.271. The van der Waals surface area contributed by atoms with E-state index in [1.54, 1.807) is 0 Å². The zero-order valence-electron chi connectivity index (χ0n) is 11.9. The van der Waals surface area contributed by atoms with E-state index in [0.29, 0.717) is 6.04 Å². The number of rotatable bonds is 2. The van der Waals surface area contributed by atoms with Crippen LogP contribution in [0, 0.1) is 17.2 Å². The largest absolute Gasteiger partial charge is 0.371 e. The summed E-state index contributed by atoms with van der Waals surface area (Å²) in [5.74, 6) is 0.271. The van der Waals surface area contributed by atoms with Gasteiger partial charge in [0, 0.05) is 30.1 Å². The first-order valence-electron chi connectivity index (χ1n) is 7.40. The van der Waals surface area contributed by atoms with Gasteiger partial charge in [0.2, 0.25) is 0 Å². The first kappa shape index (κ1) is 13.0. The molecule has 0 spiro atoms. The van der Waals surface area contributed by atoms with Crippen molar-refractivity contribution < 1.29 is 0 Å². The van der Waals surface area contributed by atoms with Crippen molar-refractivity contribution in [3.8, 4) is 6.07 Å². The lowest BCUT2D eigenvalue weighted by atomic mass is 9.86. The van der Waals surface area contributed by atoms with E-state index in [2.05, 4.69) is 60.5 Å². The van der Waals surface area contributed by atoms with Crippen LogP contribution in [-0.2, 0) is 0 Å². The summed E-state index contributed by atoms with van der Waals surface area (Å²) in [4.78, 5) is 2.41. The molecule has 3 rings (SSSR count). The molecule has 0 saturated heterocycles. The molecule has 0 bridgehead atoms. The fourth-order valence-corrected chi connectivity index (χ4v) is 3.30. The predicted molar refractivity (Wildman–Crippen MR) is 83.7 cm³/mol. The zero-order valence-corrected chi connectivity index (χ0v) is 11.9. The molecule has 2 nitrogen and oxygen atoms in total. The second kappa shape index (κ2) is 5.54. The molecule has 0 aliphatic heterocycles. The SMILES string of the molecule is CN(c1cccc2ccccc12)C1CCC(C#N)CC1. The van der Waals surface area contributed by atoms with Crippen LogP contribution in [0.15, 0.2) is 42.5 Å². The summed E-state index contributed by atoms with van der Waals surface area (Å²) in [6, 6.07) is 18.0.